The second-order valence-electron chi connectivity index (χ2n) is 4.48. The number of methoxy groups -OCH3 is 1. The van der Waals surface area contributed by atoms with E-state index in [1.807, 2.05) is 24.3 Å². The van der Waals surface area contributed by atoms with E-state index in [1.54, 1.807) is 22.9 Å². The number of anilines is 1. The molecule has 2 aromatic rings. The lowest BCUT2D eigenvalue weighted by molar-refractivity contribution is 0.0867. The van der Waals surface area contributed by atoms with Gasteiger partial charge in [-0.1, -0.05) is 18.2 Å². The van der Waals surface area contributed by atoms with E-state index >= 15 is 0 Å². The molecule has 0 fully saturated rings. The van der Waals surface area contributed by atoms with Crippen molar-refractivity contribution >= 4 is 22.9 Å². The van der Waals surface area contributed by atoms with E-state index in [1.165, 1.54) is 11.3 Å². The predicted molar refractivity (Wildman–Crippen MR) is 74.7 cm³/mol. The fraction of sp³-hybridized carbons (Fsp3) is 0.286. The Bertz CT molecular complexity index is 583. The van der Waals surface area contributed by atoms with Crippen LogP contribution in [0.2, 0.25) is 0 Å². The zero-order valence-corrected chi connectivity index (χ0v) is 11.4. The van der Waals surface area contributed by atoms with Gasteiger partial charge in [0.2, 0.25) is 0 Å². The second kappa shape index (κ2) is 5.11. The molecule has 0 aliphatic carbocycles. The normalized spacial score (nSPS) is 18.2. The Kier molecular flexibility index (Phi) is 3.31. The summed E-state index contributed by atoms with van der Waals surface area (Å²) in [5.41, 5.74) is 4.28. The molecule has 98 valence electrons. The molecule has 1 aromatic heterocycles. The van der Waals surface area contributed by atoms with Crippen LogP contribution in [-0.2, 0) is 11.2 Å². The number of aromatic nitrogens is 1. The molecule has 0 spiro atoms. The summed E-state index contributed by atoms with van der Waals surface area (Å²) in [5.74, 6) is -0.0598. The minimum atomic E-state index is -0.0598. The van der Waals surface area contributed by atoms with Crippen LogP contribution in [0.4, 0.5) is 5.69 Å². The molecule has 1 atom stereocenters. The average Bonchev–Trinajstić information content (AvgIpc) is 2.99. The number of nitrogens with zero attached hydrogens (tertiary/aromatic N) is 2. The van der Waals surface area contributed by atoms with Crippen LogP contribution in [0.15, 0.2) is 35.2 Å². The quantitative estimate of drug-likeness (QED) is 0.844. The molecular weight excluding hydrogens is 260 g/mol. The van der Waals surface area contributed by atoms with Crippen molar-refractivity contribution in [3.63, 3.8) is 0 Å². The summed E-state index contributed by atoms with van der Waals surface area (Å²) >= 11 is 1.43. The van der Waals surface area contributed by atoms with Gasteiger partial charge in [0.05, 0.1) is 18.2 Å². The fourth-order valence-corrected chi connectivity index (χ4v) is 2.89. The standard InChI is InChI=1S/C14H14N2O2S/c1-18-11-6-10-4-2-3-5-13(10)16(7-11)14(17)12-8-19-9-15-12/h2-5,8-9,11H,6-7H2,1H3/t11-/m1/s1. The summed E-state index contributed by atoms with van der Waals surface area (Å²) in [4.78, 5) is 18.4. The first-order valence-corrected chi connectivity index (χ1v) is 7.04. The minimum absolute atomic E-state index is 0.0393. The lowest BCUT2D eigenvalue weighted by Crippen LogP contribution is -2.43. The van der Waals surface area contributed by atoms with Gasteiger partial charge in [0.15, 0.2) is 0 Å². The summed E-state index contributed by atoms with van der Waals surface area (Å²) in [6, 6.07) is 7.96. The topological polar surface area (TPSA) is 42.4 Å². The van der Waals surface area contributed by atoms with Crippen LogP contribution in [0, 0.1) is 0 Å². The maximum absolute atomic E-state index is 12.5. The van der Waals surface area contributed by atoms with Gasteiger partial charge in [0, 0.05) is 24.6 Å². The Labute approximate surface area is 115 Å². The number of hydrogen-bond acceptors (Lipinski definition) is 4. The van der Waals surface area contributed by atoms with Gasteiger partial charge in [-0.2, -0.15) is 0 Å². The number of thiazole rings is 1. The van der Waals surface area contributed by atoms with Crippen molar-refractivity contribution in [2.24, 2.45) is 0 Å². The van der Waals surface area contributed by atoms with Gasteiger partial charge in [-0.05, 0) is 11.6 Å². The minimum Gasteiger partial charge on any atom is -0.379 e. The maximum atomic E-state index is 12.5. The average molecular weight is 274 g/mol. The summed E-state index contributed by atoms with van der Waals surface area (Å²) in [7, 11) is 1.68. The van der Waals surface area contributed by atoms with E-state index in [4.69, 9.17) is 4.74 Å². The number of amides is 1. The van der Waals surface area contributed by atoms with Crippen molar-refractivity contribution in [3.05, 3.63) is 46.4 Å². The van der Waals surface area contributed by atoms with Gasteiger partial charge in [0.1, 0.15) is 5.69 Å². The lowest BCUT2D eigenvalue weighted by atomic mass is 9.99. The predicted octanol–water partition coefficient (Wildman–Crippen LogP) is 2.36. The van der Waals surface area contributed by atoms with Gasteiger partial charge in [-0.25, -0.2) is 4.98 Å². The van der Waals surface area contributed by atoms with Gasteiger partial charge in [-0.3, -0.25) is 4.79 Å². The summed E-state index contributed by atoms with van der Waals surface area (Å²) in [6.45, 7) is 0.573. The Morgan fingerprint density at radius 3 is 3.05 bits per heavy atom. The first-order chi connectivity index (χ1) is 9.29. The van der Waals surface area contributed by atoms with Crippen molar-refractivity contribution in [1.82, 2.24) is 4.98 Å². The molecule has 0 bridgehead atoms. The number of carbonyl (C=O) groups is 1. The van der Waals surface area contributed by atoms with E-state index in [0.717, 1.165) is 17.7 Å². The van der Waals surface area contributed by atoms with Crippen LogP contribution in [0.25, 0.3) is 0 Å². The molecular formula is C14H14N2O2S. The number of hydrogen-bond donors (Lipinski definition) is 0. The highest BCUT2D eigenvalue weighted by Gasteiger charge is 2.29. The van der Waals surface area contributed by atoms with E-state index in [9.17, 15) is 4.79 Å². The third-order valence-electron chi connectivity index (χ3n) is 3.35. The van der Waals surface area contributed by atoms with Crippen molar-refractivity contribution < 1.29 is 9.53 Å². The number of fused-ring (bicyclic) bond motifs is 1. The van der Waals surface area contributed by atoms with Gasteiger partial charge in [0.25, 0.3) is 5.91 Å². The van der Waals surface area contributed by atoms with Crippen LogP contribution >= 0.6 is 11.3 Å². The third-order valence-corrected chi connectivity index (χ3v) is 3.93. The Morgan fingerprint density at radius 2 is 2.32 bits per heavy atom. The molecule has 1 aliphatic heterocycles. The van der Waals surface area contributed by atoms with Gasteiger partial charge in [-0.15, -0.1) is 11.3 Å². The number of carbonyl (C=O) groups excluding carboxylic acids is 1. The Balaban J connectivity index is 1.98. The number of ether oxygens (including phenoxy) is 1. The molecule has 19 heavy (non-hydrogen) atoms. The molecule has 1 aliphatic rings. The van der Waals surface area contributed by atoms with Crippen LogP contribution in [-0.4, -0.2) is 30.6 Å². The molecule has 0 unspecified atom stereocenters. The molecule has 4 nitrogen and oxygen atoms in total. The van der Waals surface area contributed by atoms with Crippen LogP contribution in [0.3, 0.4) is 0 Å². The van der Waals surface area contributed by atoms with Crippen molar-refractivity contribution in [2.75, 3.05) is 18.6 Å². The summed E-state index contributed by atoms with van der Waals surface area (Å²) in [5, 5.41) is 1.78. The highest BCUT2D eigenvalue weighted by Crippen LogP contribution is 2.29. The SMILES string of the molecule is CO[C@@H]1Cc2ccccc2N(C(=O)c2cscn2)C1. The number of rotatable bonds is 2. The molecule has 0 radical (unpaired) electrons. The largest absolute Gasteiger partial charge is 0.379 e. The van der Waals surface area contributed by atoms with Crippen LogP contribution in [0.5, 0.6) is 0 Å². The molecule has 5 heteroatoms. The third kappa shape index (κ3) is 2.27. The zero-order valence-electron chi connectivity index (χ0n) is 10.6. The summed E-state index contributed by atoms with van der Waals surface area (Å²) in [6.07, 6.45) is 0.880. The van der Waals surface area contributed by atoms with E-state index in [-0.39, 0.29) is 12.0 Å². The molecule has 0 N–H and O–H groups in total. The first-order valence-electron chi connectivity index (χ1n) is 6.10. The molecule has 2 heterocycles. The molecule has 0 saturated heterocycles. The van der Waals surface area contributed by atoms with Crippen molar-refractivity contribution in [3.8, 4) is 0 Å². The van der Waals surface area contributed by atoms with E-state index in [0.29, 0.717) is 12.2 Å². The van der Waals surface area contributed by atoms with Gasteiger partial charge >= 0.3 is 0 Å². The van der Waals surface area contributed by atoms with Crippen LogP contribution < -0.4 is 4.90 Å². The lowest BCUT2D eigenvalue weighted by Gasteiger charge is -2.33. The fourth-order valence-electron chi connectivity index (χ4n) is 2.37. The maximum Gasteiger partial charge on any atom is 0.277 e. The highest BCUT2D eigenvalue weighted by atomic mass is 32.1. The zero-order chi connectivity index (χ0) is 13.2. The van der Waals surface area contributed by atoms with Gasteiger partial charge < -0.3 is 9.64 Å². The monoisotopic (exact) mass is 274 g/mol. The Hall–Kier alpha value is -1.72. The Morgan fingerprint density at radius 1 is 1.47 bits per heavy atom. The summed E-state index contributed by atoms with van der Waals surface area (Å²) < 4.78 is 5.43. The van der Waals surface area contributed by atoms with Crippen molar-refractivity contribution in [2.45, 2.75) is 12.5 Å². The molecule has 1 amide bonds. The van der Waals surface area contributed by atoms with E-state index < -0.39 is 0 Å². The smallest absolute Gasteiger partial charge is 0.277 e. The van der Waals surface area contributed by atoms with Crippen molar-refractivity contribution in [1.29, 1.82) is 0 Å². The van der Waals surface area contributed by atoms with Crippen LogP contribution in [0.1, 0.15) is 16.1 Å². The molecule has 3 rings (SSSR count). The number of benzene rings is 1. The van der Waals surface area contributed by atoms with E-state index in [2.05, 4.69) is 4.98 Å². The first kappa shape index (κ1) is 12.3. The highest BCUT2D eigenvalue weighted by molar-refractivity contribution is 7.07. The molecule has 1 aromatic carbocycles. The molecule has 0 saturated carbocycles. The second-order valence-corrected chi connectivity index (χ2v) is 5.20. The number of para-hydroxylation sites is 1.